The molecular weight excluding hydrogens is 409 g/mol. The molecule has 0 aliphatic rings. The van der Waals surface area contributed by atoms with Crippen molar-refractivity contribution in [3.05, 3.63) is 63.5 Å². The summed E-state index contributed by atoms with van der Waals surface area (Å²) in [6.07, 6.45) is -4.06. The summed E-state index contributed by atoms with van der Waals surface area (Å²) in [4.78, 5) is 35.6. The molecule has 0 radical (unpaired) electrons. The molecule has 1 N–H and O–H groups in total. The van der Waals surface area contributed by atoms with Crippen molar-refractivity contribution in [1.82, 2.24) is 15.1 Å². The maximum atomic E-state index is 13.2. The molecule has 0 saturated carbocycles. The number of carbonyl (C=O) groups excluding carboxylic acids is 2. The van der Waals surface area contributed by atoms with E-state index in [-0.39, 0.29) is 6.61 Å². The van der Waals surface area contributed by atoms with Gasteiger partial charge in [-0.2, -0.15) is 18.3 Å². The van der Waals surface area contributed by atoms with E-state index >= 15 is 0 Å². The molecule has 2 unspecified atom stereocenters. The first-order valence-electron chi connectivity index (χ1n) is 8.79. The van der Waals surface area contributed by atoms with Crippen LogP contribution in [0.5, 0.6) is 0 Å². The molecule has 2 atom stereocenters. The van der Waals surface area contributed by atoms with Crippen molar-refractivity contribution in [1.29, 1.82) is 0 Å². The first-order valence-corrected chi connectivity index (χ1v) is 8.79. The predicted molar refractivity (Wildman–Crippen MR) is 97.1 cm³/mol. The largest absolute Gasteiger partial charge is 0.464 e. The van der Waals surface area contributed by atoms with Crippen LogP contribution in [0.4, 0.5) is 13.2 Å². The number of amides is 1. The Bertz CT molecular complexity index is 914. The van der Waals surface area contributed by atoms with E-state index in [0.717, 1.165) is 10.9 Å². The van der Waals surface area contributed by atoms with E-state index in [1.807, 2.05) is 0 Å². The van der Waals surface area contributed by atoms with Gasteiger partial charge in [0.05, 0.1) is 18.1 Å². The van der Waals surface area contributed by atoms with Crippen LogP contribution in [-0.4, -0.2) is 45.8 Å². The van der Waals surface area contributed by atoms with Crippen LogP contribution >= 0.6 is 0 Å². The lowest BCUT2D eigenvalue weighted by atomic mass is 9.91. The number of halogens is 3. The lowest BCUT2D eigenvalue weighted by Gasteiger charge is -2.24. The Morgan fingerprint density at radius 2 is 1.93 bits per heavy atom. The van der Waals surface area contributed by atoms with E-state index < -0.39 is 52.7 Å². The van der Waals surface area contributed by atoms with Gasteiger partial charge in [-0.25, -0.2) is 4.79 Å². The molecular formula is C18H19F3N4O5. The summed E-state index contributed by atoms with van der Waals surface area (Å²) in [5, 5.41) is 16.6. The third-order valence-corrected chi connectivity index (χ3v) is 4.14. The fourth-order valence-corrected chi connectivity index (χ4v) is 2.90. The maximum absolute atomic E-state index is 13.2. The summed E-state index contributed by atoms with van der Waals surface area (Å²) in [5.41, 5.74) is -1.90. The van der Waals surface area contributed by atoms with E-state index in [1.165, 1.54) is 26.1 Å². The van der Waals surface area contributed by atoms with E-state index in [0.29, 0.717) is 5.56 Å². The van der Waals surface area contributed by atoms with E-state index in [4.69, 9.17) is 4.74 Å². The van der Waals surface area contributed by atoms with Gasteiger partial charge in [0.1, 0.15) is 6.04 Å². The predicted octanol–water partition coefficient (Wildman–Crippen LogP) is 2.16. The van der Waals surface area contributed by atoms with Crippen LogP contribution in [0.1, 0.15) is 34.5 Å². The van der Waals surface area contributed by atoms with Crippen LogP contribution < -0.4 is 5.32 Å². The minimum absolute atomic E-state index is 0.0914. The van der Waals surface area contributed by atoms with Gasteiger partial charge in [0.25, 0.3) is 5.91 Å². The summed E-state index contributed by atoms with van der Waals surface area (Å²) in [6.45, 7) is 0.642. The smallest absolute Gasteiger partial charge is 0.435 e. The molecule has 1 aromatic carbocycles. The number of esters is 1. The Labute approximate surface area is 169 Å². The van der Waals surface area contributed by atoms with Crippen LogP contribution in [0, 0.1) is 10.1 Å². The molecule has 1 amide bonds. The fourth-order valence-electron chi connectivity index (χ4n) is 2.90. The summed E-state index contributed by atoms with van der Waals surface area (Å²) in [5.74, 6) is -3.42. The van der Waals surface area contributed by atoms with Gasteiger partial charge in [-0.15, -0.1) is 0 Å². The zero-order valence-corrected chi connectivity index (χ0v) is 16.0. The molecule has 0 bridgehead atoms. The highest BCUT2D eigenvalue weighted by molar-refractivity contribution is 5.98. The third-order valence-electron chi connectivity index (χ3n) is 4.14. The van der Waals surface area contributed by atoms with Gasteiger partial charge in [0.15, 0.2) is 5.69 Å². The van der Waals surface area contributed by atoms with E-state index in [2.05, 4.69) is 10.4 Å². The monoisotopic (exact) mass is 428 g/mol. The Morgan fingerprint density at radius 3 is 2.47 bits per heavy atom. The van der Waals surface area contributed by atoms with Gasteiger partial charge in [-0.3, -0.25) is 19.6 Å². The number of rotatable bonds is 8. The number of aromatic nitrogens is 2. The lowest BCUT2D eigenvalue weighted by molar-refractivity contribution is -0.483. The molecule has 0 saturated heterocycles. The van der Waals surface area contributed by atoms with Gasteiger partial charge < -0.3 is 10.1 Å². The second kappa shape index (κ2) is 9.37. The second-order valence-corrected chi connectivity index (χ2v) is 6.30. The number of nitro groups is 1. The van der Waals surface area contributed by atoms with Crippen LogP contribution in [0.25, 0.3) is 0 Å². The van der Waals surface area contributed by atoms with Crippen molar-refractivity contribution in [3.63, 3.8) is 0 Å². The number of nitrogens with zero attached hydrogens (tertiary/aromatic N) is 3. The number of ether oxygens (including phenoxy) is 1. The van der Waals surface area contributed by atoms with Crippen LogP contribution in [0.3, 0.4) is 0 Å². The number of hydrogen-bond donors (Lipinski definition) is 1. The highest BCUT2D eigenvalue weighted by atomic mass is 19.4. The SMILES string of the molecule is CCOC(=O)C(NC(=O)c1cn(C)nc1C(F)(F)F)C(C[N+](=O)[O-])c1ccccc1. The summed E-state index contributed by atoms with van der Waals surface area (Å²) in [6, 6.07) is 6.24. The second-order valence-electron chi connectivity index (χ2n) is 6.30. The molecule has 0 aliphatic heterocycles. The summed E-state index contributed by atoms with van der Waals surface area (Å²) >= 11 is 0. The average molecular weight is 428 g/mol. The maximum Gasteiger partial charge on any atom is 0.435 e. The Balaban J connectivity index is 2.45. The van der Waals surface area contributed by atoms with Crippen molar-refractivity contribution in [3.8, 4) is 0 Å². The lowest BCUT2D eigenvalue weighted by Crippen LogP contribution is -2.48. The van der Waals surface area contributed by atoms with Gasteiger partial charge >= 0.3 is 12.1 Å². The zero-order valence-electron chi connectivity index (χ0n) is 16.0. The van der Waals surface area contributed by atoms with Crippen LogP contribution in [-0.2, 0) is 22.8 Å². The van der Waals surface area contributed by atoms with Crippen molar-refractivity contribution >= 4 is 11.9 Å². The minimum atomic E-state index is -4.91. The molecule has 2 rings (SSSR count). The average Bonchev–Trinajstić information content (AvgIpc) is 3.07. The first kappa shape index (κ1) is 22.8. The molecule has 30 heavy (non-hydrogen) atoms. The highest BCUT2D eigenvalue weighted by Crippen LogP contribution is 2.31. The quantitative estimate of drug-likeness (QED) is 0.391. The molecule has 1 aromatic heterocycles. The number of aryl methyl sites for hydroxylation is 1. The molecule has 0 fully saturated rings. The van der Waals surface area contributed by atoms with Crippen molar-refractivity contribution in [2.24, 2.45) is 7.05 Å². The summed E-state index contributed by atoms with van der Waals surface area (Å²) < 4.78 is 45.3. The zero-order chi connectivity index (χ0) is 22.5. The van der Waals surface area contributed by atoms with Crippen LogP contribution in [0.2, 0.25) is 0 Å². The number of carbonyl (C=O) groups is 2. The van der Waals surface area contributed by atoms with Gasteiger partial charge in [0, 0.05) is 18.2 Å². The van der Waals surface area contributed by atoms with Crippen molar-refractivity contribution < 1.29 is 32.4 Å². The van der Waals surface area contributed by atoms with Gasteiger partial charge in [-0.05, 0) is 12.5 Å². The Hall–Kier alpha value is -3.44. The van der Waals surface area contributed by atoms with Gasteiger partial charge in [-0.1, -0.05) is 30.3 Å². The fraction of sp³-hybridized carbons (Fsp3) is 0.389. The van der Waals surface area contributed by atoms with Gasteiger partial charge in [0.2, 0.25) is 6.54 Å². The molecule has 2 aromatic rings. The molecule has 9 nitrogen and oxygen atoms in total. The number of nitrogens with one attached hydrogen (secondary N) is 1. The molecule has 0 spiro atoms. The van der Waals surface area contributed by atoms with E-state index in [1.54, 1.807) is 18.2 Å². The van der Waals surface area contributed by atoms with Crippen molar-refractivity contribution in [2.45, 2.75) is 25.1 Å². The van der Waals surface area contributed by atoms with Crippen LogP contribution in [0.15, 0.2) is 36.5 Å². The topological polar surface area (TPSA) is 116 Å². The highest BCUT2D eigenvalue weighted by Gasteiger charge is 2.41. The molecule has 12 heteroatoms. The number of alkyl halides is 3. The minimum Gasteiger partial charge on any atom is -0.464 e. The number of hydrogen-bond acceptors (Lipinski definition) is 6. The first-order chi connectivity index (χ1) is 14.0. The number of benzene rings is 1. The van der Waals surface area contributed by atoms with Crippen molar-refractivity contribution in [2.75, 3.05) is 13.2 Å². The molecule has 1 heterocycles. The normalized spacial score (nSPS) is 13.4. The Morgan fingerprint density at radius 1 is 1.30 bits per heavy atom. The van der Waals surface area contributed by atoms with E-state index in [9.17, 15) is 32.9 Å². The third kappa shape index (κ3) is 5.55. The standard InChI is InChI=1S/C18H19F3N4O5/c1-3-30-17(27)14(12(10-25(28)29)11-7-5-4-6-8-11)22-16(26)13-9-24(2)23-15(13)18(19,20)21/h4-9,12,14H,3,10H2,1-2H3,(H,22,26). The molecule has 162 valence electrons. The molecule has 0 aliphatic carbocycles. The Kier molecular flexibility index (Phi) is 7.14. The summed E-state index contributed by atoms with van der Waals surface area (Å²) in [7, 11) is 1.20.